The average Bonchev–Trinajstić information content (AvgIpc) is 2.12. The lowest BCUT2D eigenvalue weighted by atomic mass is 10.2. The summed E-state index contributed by atoms with van der Waals surface area (Å²) < 4.78 is 4.94. The molecule has 1 saturated heterocycles. The lowest BCUT2D eigenvalue weighted by Gasteiger charge is -2.26. The van der Waals surface area contributed by atoms with Gasteiger partial charge in [0.2, 0.25) is 0 Å². The highest BCUT2D eigenvalue weighted by molar-refractivity contribution is 5.92. The van der Waals surface area contributed by atoms with E-state index < -0.39 is 0 Å². The molecule has 1 aromatic rings. The van der Waals surface area contributed by atoms with Gasteiger partial charge >= 0.3 is 0 Å². The van der Waals surface area contributed by atoms with Gasteiger partial charge in [-0.3, -0.25) is 9.78 Å². The van der Waals surface area contributed by atoms with E-state index >= 15 is 0 Å². The Morgan fingerprint density at radius 3 is 2.92 bits per heavy atom. The van der Waals surface area contributed by atoms with Crippen molar-refractivity contribution in [1.82, 2.24) is 10.3 Å². The molecule has 1 aliphatic rings. The second-order valence-electron chi connectivity index (χ2n) is 2.92. The van der Waals surface area contributed by atoms with Crippen molar-refractivity contribution in [2.75, 3.05) is 13.2 Å². The van der Waals surface area contributed by atoms with Crippen LogP contribution in [0.25, 0.3) is 0 Å². The molecule has 0 bridgehead atoms. The molecular weight excluding hydrogens is 168 g/mol. The zero-order chi connectivity index (χ0) is 9.10. The summed E-state index contributed by atoms with van der Waals surface area (Å²) in [6.07, 6.45) is 1.60. The van der Waals surface area contributed by atoms with Crippen LogP contribution in [0.4, 0.5) is 0 Å². The average molecular weight is 178 g/mol. The summed E-state index contributed by atoms with van der Waals surface area (Å²) in [5.41, 5.74) is 0.453. The Balaban J connectivity index is 1.97. The van der Waals surface area contributed by atoms with Gasteiger partial charge in [-0.25, -0.2) is 0 Å². The number of ether oxygens (including phenoxy) is 1. The predicted molar refractivity (Wildman–Crippen MR) is 46.3 cm³/mol. The quantitative estimate of drug-likeness (QED) is 0.704. The highest BCUT2D eigenvalue weighted by Gasteiger charge is 2.21. The van der Waals surface area contributed by atoms with Gasteiger partial charge in [-0.1, -0.05) is 6.07 Å². The Labute approximate surface area is 75.9 Å². The van der Waals surface area contributed by atoms with Crippen LogP contribution in [0.5, 0.6) is 0 Å². The SMILES string of the molecule is O=C(NC1COC1)c1ccccn1. The molecule has 0 saturated carbocycles. The molecule has 0 atom stereocenters. The predicted octanol–water partition coefficient (Wildman–Crippen LogP) is 0.210. The van der Waals surface area contributed by atoms with Gasteiger partial charge in [0.15, 0.2) is 0 Å². The summed E-state index contributed by atoms with van der Waals surface area (Å²) >= 11 is 0. The smallest absolute Gasteiger partial charge is 0.270 e. The monoisotopic (exact) mass is 178 g/mol. The van der Waals surface area contributed by atoms with E-state index in [1.807, 2.05) is 0 Å². The highest BCUT2D eigenvalue weighted by Crippen LogP contribution is 2.01. The molecule has 2 rings (SSSR count). The minimum atomic E-state index is -0.131. The Bertz CT molecular complexity index is 296. The Morgan fingerprint density at radius 2 is 2.38 bits per heavy atom. The van der Waals surface area contributed by atoms with E-state index in [1.165, 1.54) is 0 Å². The van der Waals surface area contributed by atoms with Gasteiger partial charge in [0.05, 0.1) is 19.3 Å². The third-order valence-electron chi connectivity index (χ3n) is 1.87. The molecule has 1 N–H and O–H groups in total. The lowest BCUT2D eigenvalue weighted by Crippen LogP contribution is -2.48. The van der Waals surface area contributed by atoms with E-state index in [-0.39, 0.29) is 11.9 Å². The number of amides is 1. The summed E-state index contributed by atoms with van der Waals surface area (Å²) in [5, 5.41) is 2.81. The van der Waals surface area contributed by atoms with E-state index in [0.717, 1.165) is 0 Å². The van der Waals surface area contributed by atoms with Crippen LogP contribution in [-0.4, -0.2) is 30.1 Å². The van der Waals surface area contributed by atoms with Crippen LogP contribution in [0, 0.1) is 0 Å². The second kappa shape index (κ2) is 3.53. The molecule has 0 unspecified atom stereocenters. The summed E-state index contributed by atoms with van der Waals surface area (Å²) in [4.78, 5) is 15.4. The molecule has 13 heavy (non-hydrogen) atoms. The number of nitrogens with zero attached hydrogens (tertiary/aromatic N) is 1. The van der Waals surface area contributed by atoms with Crippen LogP contribution in [0.15, 0.2) is 24.4 Å². The van der Waals surface area contributed by atoms with Gasteiger partial charge in [-0.2, -0.15) is 0 Å². The van der Waals surface area contributed by atoms with E-state index in [2.05, 4.69) is 10.3 Å². The zero-order valence-electron chi connectivity index (χ0n) is 7.06. The van der Waals surface area contributed by atoms with Gasteiger partial charge in [-0.05, 0) is 12.1 Å². The van der Waals surface area contributed by atoms with E-state index in [4.69, 9.17) is 4.74 Å². The van der Waals surface area contributed by atoms with Crippen LogP contribution in [0.1, 0.15) is 10.5 Å². The van der Waals surface area contributed by atoms with E-state index in [1.54, 1.807) is 24.4 Å². The Kier molecular flexibility index (Phi) is 2.23. The largest absolute Gasteiger partial charge is 0.377 e. The lowest BCUT2D eigenvalue weighted by molar-refractivity contribution is -0.00354. The molecule has 0 spiro atoms. The van der Waals surface area contributed by atoms with Crippen molar-refractivity contribution >= 4 is 5.91 Å². The zero-order valence-corrected chi connectivity index (χ0v) is 7.06. The first-order valence-electron chi connectivity index (χ1n) is 4.16. The van der Waals surface area contributed by atoms with Gasteiger partial charge in [0, 0.05) is 6.20 Å². The number of aromatic nitrogens is 1. The fourth-order valence-electron chi connectivity index (χ4n) is 1.08. The van der Waals surface area contributed by atoms with Crippen LogP contribution in [0.2, 0.25) is 0 Å². The minimum absolute atomic E-state index is 0.131. The minimum Gasteiger partial charge on any atom is -0.377 e. The maximum absolute atomic E-state index is 11.4. The fourth-order valence-corrected chi connectivity index (χ4v) is 1.08. The third kappa shape index (κ3) is 1.84. The van der Waals surface area contributed by atoms with Gasteiger partial charge in [0.1, 0.15) is 5.69 Å². The van der Waals surface area contributed by atoms with Crippen molar-refractivity contribution in [3.63, 3.8) is 0 Å². The van der Waals surface area contributed by atoms with Crippen molar-refractivity contribution < 1.29 is 9.53 Å². The molecule has 0 aliphatic carbocycles. The molecule has 0 radical (unpaired) electrons. The topological polar surface area (TPSA) is 51.2 Å². The number of carbonyl (C=O) groups is 1. The fraction of sp³-hybridized carbons (Fsp3) is 0.333. The molecule has 68 valence electrons. The molecule has 1 aromatic heterocycles. The first kappa shape index (κ1) is 8.19. The molecule has 2 heterocycles. The van der Waals surface area contributed by atoms with Crippen molar-refractivity contribution in [2.24, 2.45) is 0 Å². The number of nitrogens with one attached hydrogen (secondary N) is 1. The van der Waals surface area contributed by atoms with Gasteiger partial charge < -0.3 is 10.1 Å². The molecule has 4 nitrogen and oxygen atoms in total. The molecule has 1 aliphatic heterocycles. The van der Waals surface area contributed by atoms with E-state index in [0.29, 0.717) is 18.9 Å². The van der Waals surface area contributed by atoms with Crippen molar-refractivity contribution in [2.45, 2.75) is 6.04 Å². The summed E-state index contributed by atoms with van der Waals surface area (Å²) in [6.45, 7) is 1.22. The van der Waals surface area contributed by atoms with Crippen LogP contribution >= 0.6 is 0 Å². The summed E-state index contributed by atoms with van der Waals surface area (Å²) in [6, 6.07) is 5.42. The Morgan fingerprint density at radius 1 is 1.54 bits per heavy atom. The number of hydrogen-bond donors (Lipinski definition) is 1. The Hall–Kier alpha value is -1.42. The van der Waals surface area contributed by atoms with Gasteiger partial charge in [0.25, 0.3) is 5.91 Å². The number of pyridine rings is 1. The van der Waals surface area contributed by atoms with Crippen molar-refractivity contribution in [1.29, 1.82) is 0 Å². The number of hydrogen-bond acceptors (Lipinski definition) is 3. The van der Waals surface area contributed by atoms with Gasteiger partial charge in [-0.15, -0.1) is 0 Å². The van der Waals surface area contributed by atoms with Crippen LogP contribution in [0.3, 0.4) is 0 Å². The van der Waals surface area contributed by atoms with Crippen molar-refractivity contribution in [3.8, 4) is 0 Å². The second-order valence-corrected chi connectivity index (χ2v) is 2.92. The normalized spacial score (nSPS) is 16.3. The molecule has 0 aromatic carbocycles. The van der Waals surface area contributed by atoms with Crippen molar-refractivity contribution in [3.05, 3.63) is 30.1 Å². The number of rotatable bonds is 2. The molecule has 1 fully saturated rings. The molecular formula is C9H10N2O2. The third-order valence-corrected chi connectivity index (χ3v) is 1.87. The summed E-state index contributed by atoms with van der Waals surface area (Å²) in [5.74, 6) is -0.131. The summed E-state index contributed by atoms with van der Waals surface area (Å²) in [7, 11) is 0. The van der Waals surface area contributed by atoms with Crippen LogP contribution in [-0.2, 0) is 4.74 Å². The first-order valence-corrected chi connectivity index (χ1v) is 4.16. The van der Waals surface area contributed by atoms with E-state index in [9.17, 15) is 4.79 Å². The first-order chi connectivity index (χ1) is 6.36. The van der Waals surface area contributed by atoms with Crippen LogP contribution < -0.4 is 5.32 Å². The maximum Gasteiger partial charge on any atom is 0.270 e. The standard InChI is InChI=1S/C9H10N2O2/c12-9(11-7-5-13-6-7)8-3-1-2-4-10-8/h1-4,7H,5-6H2,(H,11,12). The number of carbonyl (C=O) groups excluding carboxylic acids is 1. The molecule has 1 amide bonds. The maximum atomic E-state index is 11.4. The highest BCUT2D eigenvalue weighted by atomic mass is 16.5. The molecule has 4 heteroatoms.